The third-order valence-electron chi connectivity index (χ3n) is 3.61. The molecule has 1 rings (SSSR count). The first-order chi connectivity index (χ1) is 9.36. The third kappa shape index (κ3) is 5.86. The van der Waals surface area contributed by atoms with Crippen molar-refractivity contribution >= 4 is 11.8 Å². The zero-order valence-electron chi connectivity index (χ0n) is 13.5. The summed E-state index contributed by atoms with van der Waals surface area (Å²) in [5, 5.41) is 13.0. The fourth-order valence-corrected chi connectivity index (χ4v) is 3.30. The van der Waals surface area contributed by atoms with E-state index in [1.165, 1.54) is 16.0 Å². The van der Waals surface area contributed by atoms with Gasteiger partial charge in [0.25, 0.3) is 0 Å². The van der Waals surface area contributed by atoms with Crippen molar-refractivity contribution in [3.05, 3.63) is 29.3 Å². The second-order valence-electron chi connectivity index (χ2n) is 6.22. The molecular formula is C17H29NOS. The lowest BCUT2D eigenvalue weighted by Gasteiger charge is -2.31. The number of thioether (sulfide) groups is 1. The Labute approximate surface area is 128 Å². The van der Waals surface area contributed by atoms with Gasteiger partial charge in [-0.05, 0) is 62.6 Å². The van der Waals surface area contributed by atoms with E-state index in [0.29, 0.717) is 6.04 Å². The number of hydrogen-bond acceptors (Lipinski definition) is 3. The van der Waals surface area contributed by atoms with E-state index in [2.05, 4.69) is 58.1 Å². The van der Waals surface area contributed by atoms with Gasteiger partial charge in [-0.25, -0.2) is 0 Å². The highest BCUT2D eigenvalue weighted by Gasteiger charge is 2.22. The van der Waals surface area contributed by atoms with Gasteiger partial charge >= 0.3 is 0 Å². The zero-order chi connectivity index (χ0) is 15.2. The van der Waals surface area contributed by atoms with E-state index in [1.807, 2.05) is 11.8 Å². The summed E-state index contributed by atoms with van der Waals surface area (Å²) in [6.45, 7) is 10.9. The van der Waals surface area contributed by atoms with Crippen molar-refractivity contribution in [3.8, 4) is 0 Å². The number of benzene rings is 1. The van der Waals surface area contributed by atoms with Crippen LogP contribution in [0.15, 0.2) is 23.1 Å². The topological polar surface area (TPSA) is 32.3 Å². The van der Waals surface area contributed by atoms with E-state index >= 15 is 0 Å². The van der Waals surface area contributed by atoms with E-state index in [1.54, 1.807) is 0 Å². The summed E-state index contributed by atoms with van der Waals surface area (Å²) in [7, 11) is 0. The minimum atomic E-state index is -0.155. The maximum Gasteiger partial charge on any atom is 0.0610 e. The summed E-state index contributed by atoms with van der Waals surface area (Å²) in [5.74, 6) is 1.10. The molecule has 1 aromatic carbocycles. The van der Waals surface area contributed by atoms with Crippen molar-refractivity contribution in [1.29, 1.82) is 0 Å². The van der Waals surface area contributed by atoms with Crippen LogP contribution in [0, 0.1) is 13.8 Å². The molecule has 0 saturated heterocycles. The molecule has 0 bridgehead atoms. The maximum atomic E-state index is 9.55. The van der Waals surface area contributed by atoms with Crippen LogP contribution < -0.4 is 5.32 Å². The Hall–Kier alpha value is -0.510. The van der Waals surface area contributed by atoms with Gasteiger partial charge in [-0.3, -0.25) is 0 Å². The molecule has 0 spiro atoms. The molecule has 114 valence electrons. The molecule has 0 aliphatic carbocycles. The molecule has 0 heterocycles. The Balaban J connectivity index is 2.38. The Morgan fingerprint density at radius 2 is 1.95 bits per heavy atom. The molecule has 1 aromatic rings. The number of aliphatic hydroxyl groups is 1. The summed E-state index contributed by atoms with van der Waals surface area (Å²) < 4.78 is 0. The highest BCUT2D eigenvalue weighted by atomic mass is 32.2. The van der Waals surface area contributed by atoms with Gasteiger partial charge in [0.05, 0.1) is 6.61 Å². The third-order valence-corrected chi connectivity index (χ3v) is 4.69. The fraction of sp³-hybridized carbons (Fsp3) is 0.647. The second kappa shape index (κ2) is 8.06. The molecule has 3 heteroatoms. The summed E-state index contributed by atoms with van der Waals surface area (Å²) >= 11 is 1.90. The van der Waals surface area contributed by atoms with Crippen LogP contribution in [0.1, 0.15) is 44.7 Å². The van der Waals surface area contributed by atoms with Crippen LogP contribution >= 0.6 is 11.8 Å². The molecule has 0 amide bonds. The first-order valence-corrected chi connectivity index (χ1v) is 8.43. The van der Waals surface area contributed by atoms with Gasteiger partial charge in [0.15, 0.2) is 0 Å². The van der Waals surface area contributed by atoms with Crippen molar-refractivity contribution in [2.24, 2.45) is 0 Å². The highest BCUT2D eigenvalue weighted by molar-refractivity contribution is 7.99. The lowest BCUT2D eigenvalue weighted by Crippen LogP contribution is -2.49. The first kappa shape index (κ1) is 17.5. The number of aliphatic hydroxyl groups excluding tert-OH is 1. The molecule has 2 nitrogen and oxygen atoms in total. The van der Waals surface area contributed by atoms with Crippen LogP contribution in [0.2, 0.25) is 0 Å². The van der Waals surface area contributed by atoms with E-state index in [0.717, 1.165) is 18.6 Å². The smallest absolute Gasteiger partial charge is 0.0610 e. The molecule has 1 unspecified atom stereocenters. The molecule has 1 atom stereocenters. The van der Waals surface area contributed by atoms with Gasteiger partial charge in [0, 0.05) is 16.5 Å². The van der Waals surface area contributed by atoms with Gasteiger partial charge in [-0.1, -0.05) is 19.9 Å². The van der Waals surface area contributed by atoms with Crippen LogP contribution in [0.4, 0.5) is 0 Å². The molecule has 0 aromatic heterocycles. The van der Waals surface area contributed by atoms with Crippen LogP contribution in [0.5, 0.6) is 0 Å². The quantitative estimate of drug-likeness (QED) is 0.563. The van der Waals surface area contributed by atoms with Gasteiger partial charge in [0.1, 0.15) is 0 Å². The average molecular weight is 295 g/mol. The van der Waals surface area contributed by atoms with E-state index < -0.39 is 0 Å². The van der Waals surface area contributed by atoms with Crippen LogP contribution in [-0.2, 0) is 0 Å². The number of nitrogens with one attached hydrogen (secondary N) is 1. The van der Waals surface area contributed by atoms with E-state index in [9.17, 15) is 5.11 Å². The molecule has 0 saturated carbocycles. The summed E-state index contributed by atoms with van der Waals surface area (Å²) in [6.07, 6.45) is 2.11. The Kier molecular flexibility index (Phi) is 7.07. The van der Waals surface area contributed by atoms with Gasteiger partial charge in [-0.15, -0.1) is 11.8 Å². The molecule has 0 radical (unpaired) electrons. The second-order valence-corrected chi connectivity index (χ2v) is 7.38. The maximum absolute atomic E-state index is 9.55. The number of rotatable bonds is 8. The van der Waals surface area contributed by atoms with E-state index in [-0.39, 0.29) is 12.1 Å². The fourth-order valence-electron chi connectivity index (χ4n) is 2.35. The summed E-state index contributed by atoms with van der Waals surface area (Å²) in [4.78, 5) is 1.34. The molecule has 0 fully saturated rings. The van der Waals surface area contributed by atoms with Crippen molar-refractivity contribution in [2.45, 2.75) is 63.9 Å². The predicted octanol–water partition coefficient (Wildman–Crippen LogP) is 3.92. The van der Waals surface area contributed by atoms with Crippen LogP contribution in [-0.4, -0.2) is 29.0 Å². The van der Waals surface area contributed by atoms with Gasteiger partial charge < -0.3 is 10.4 Å². The average Bonchev–Trinajstić information content (AvgIpc) is 2.38. The van der Waals surface area contributed by atoms with Crippen LogP contribution in [0.25, 0.3) is 0 Å². The number of hydrogen-bond donors (Lipinski definition) is 2. The summed E-state index contributed by atoms with van der Waals surface area (Å²) in [6, 6.07) is 7.05. The molecule has 0 aliphatic heterocycles. The minimum absolute atomic E-state index is 0.155. The molecule has 2 N–H and O–H groups in total. The normalized spacial score (nSPS) is 14.6. The molecular weight excluding hydrogens is 266 g/mol. The Morgan fingerprint density at radius 3 is 2.50 bits per heavy atom. The van der Waals surface area contributed by atoms with Crippen molar-refractivity contribution in [3.63, 3.8) is 0 Å². The van der Waals surface area contributed by atoms with Crippen molar-refractivity contribution < 1.29 is 5.11 Å². The standard InChI is InChI=1S/C17H29NOS/c1-13(2)18-17(5,12-19)9-6-10-20-16-8-7-14(3)15(4)11-16/h7-8,11,13,18-19H,6,9-10,12H2,1-5H3. The highest BCUT2D eigenvalue weighted by Crippen LogP contribution is 2.23. The Bertz CT molecular complexity index is 419. The van der Waals surface area contributed by atoms with Gasteiger partial charge in [-0.2, -0.15) is 0 Å². The largest absolute Gasteiger partial charge is 0.394 e. The minimum Gasteiger partial charge on any atom is -0.394 e. The summed E-state index contributed by atoms with van der Waals surface area (Å²) in [5.41, 5.74) is 2.55. The monoisotopic (exact) mass is 295 g/mol. The molecule has 0 aliphatic rings. The zero-order valence-corrected chi connectivity index (χ0v) is 14.3. The predicted molar refractivity (Wildman–Crippen MR) is 89.6 cm³/mol. The van der Waals surface area contributed by atoms with Crippen LogP contribution in [0.3, 0.4) is 0 Å². The van der Waals surface area contributed by atoms with E-state index in [4.69, 9.17) is 0 Å². The SMILES string of the molecule is Cc1ccc(SCCCC(C)(CO)NC(C)C)cc1C. The van der Waals surface area contributed by atoms with Gasteiger partial charge in [0.2, 0.25) is 0 Å². The number of aryl methyl sites for hydroxylation is 2. The Morgan fingerprint density at radius 1 is 1.25 bits per heavy atom. The first-order valence-electron chi connectivity index (χ1n) is 7.45. The van der Waals surface area contributed by atoms with Crippen molar-refractivity contribution in [2.75, 3.05) is 12.4 Å². The molecule has 20 heavy (non-hydrogen) atoms. The van der Waals surface area contributed by atoms with Crippen molar-refractivity contribution in [1.82, 2.24) is 5.32 Å². The lowest BCUT2D eigenvalue weighted by atomic mass is 9.96. The lowest BCUT2D eigenvalue weighted by molar-refractivity contribution is 0.156.